The van der Waals surface area contributed by atoms with Crippen LogP contribution in [0.4, 0.5) is 13.2 Å². The zero-order chi connectivity index (χ0) is 15.5. The van der Waals surface area contributed by atoms with Crippen molar-refractivity contribution in [3.63, 3.8) is 0 Å². The van der Waals surface area contributed by atoms with Gasteiger partial charge in [-0.05, 0) is 30.2 Å². The maximum absolute atomic E-state index is 12.9. The summed E-state index contributed by atoms with van der Waals surface area (Å²) in [7, 11) is 0. The maximum Gasteiger partial charge on any atom is 0.416 e. The van der Waals surface area contributed by atoms with E-state index < -0.39 is 11.7 Å². The van der Waals surface area contributed by atoms with Gasteiger partial charge in [0, 0.05) is 37.2 Å². The van der Waals surface area contributed by atoms with Crippen LogP contribution in [0, 0.1) is 0 Å². The van der Waals surface area contributed by atoms with Gasteiger partial charge in [0.15, 0.2) is 0 Å². The van der Waals surface area contributed by atoms with Crippen molar-refractivity contribution in [3.8, 4) is 0 Å². The van der Waals surface area contributed by atoms with Gasteiger partial charge in [-0.3, -0.25) is 4.90 Å². The number of rotatable bonds is 4. The van der Waals surface area contributed by atoms with E-state index in [1.165, 1.54) is 12.1 Å². The van der Waals surface area contributed by atoms with Crippen molar-refractivity contribution < 1.29 is 13.2 Å². The van der Waals surface area contributed by atoms with E-state index in [9.17, 15) is 13.2 Å². The van der Waals surface area contributed by atoms with E-state index in [2.05, 4.69) is 16.8 Å². The molecule has 1 aromatic carbocycles. The number of piperazine rings is 1. The molecule has 1 fully saturated rings. The Morgan fingerprint density at radius 2 is 2.00 bits per heavy atom. The molecule has 2 rings (SSSR count). The predicted molar refractivity (Wildman–Crippen MR) is 78.5 cm³/mol. The molecular formula is C15H18ClF3N2. The van der Waals surface area contributed by atoms with E-state index in [0.717, 1.165) is 32.2 Å². The fourth-order valence-electron chi connectivity index (χ4n) is 2.60. The van der Waals surface area contributed by atoms with E-state index in [-0.39, 0.29) is 6.04 Å². The van der Waals surface area contributed by atoms with Gasteiger partial charge in [0.25, 0.3) is 0 Å². The number of hydrogen-bond acceptors (Lipinski definition) is 2. The molecule has 1 saturated heterocycles. The second-order valence-electron chi connectivity index (χ2n) is 5.06. The Hall–Kier alpha value is -1.04. The molecule has 0 saturated carbocycles. The number of halogens is 4. The number of benzene rings is 1. The van der Waals surface area contributed by atoms with E-state index in [4.69, 9.17) is 11.6 Å². The molecule has 0 amide bonds. The third-order valence-electron chi connectivity index (χ3n) is 3.66. The fourth-order valence-corrected chi connectivity index (χ4v) is 2.84. The van der Waals surface area contributed by atoms with Crippen LogP contribution in [-0.4, -0.2) is 31.1 Å². The molecule has 0 bridgehead atoms. The molecular weight excluding hydrogens is 301 g/mol. The minimum absolute atomic E-state index is 0.167. The lowest BCUT2D eigenvalue weighted by Crippen LogP contribution is -2.45. The molecule has 1 N–H and O–H groups in total. The molecule has 0 spiro atoms. The zero-order valence-electron chi connectivity index (χ0n) is 11.6. The Bertz CT molecular complexity index is 496. The standard InChI is InChI=1S/C15H18ClF3N2/c1-2-3-14(21-8-6-20-7-9-21)12-10-11(15(17,18)19)4-5-13(12)16/h2,4-5,10,14,20H,1,3,6-9H2/t14-/m1/s1. The quantitative estimate of drug-likeness (QED) is 0.848. The van der Waals surface area contributed by atoms with Crippen molar-refractivity contribution in [2.24, 2.45) is 0 Å². The van der Waals surface area contributed by atoms with Crippen molar-refractivity contribution >= 4 is 11.6 Å². The molecule has 0 aliphatic carbocycles. The average molecular weight is 319 g/mol. The normalized spacial score (nSPS) is 18.5. The lowest BCUT2D eigenvalue weighted by atomic mass is 9.98. The highest BCUT2D eigenvalue weighted by Gasteiger charge is 2.32. The van der Waals surface area contributed by atoms with Crippen LogP contribution in [0.2, 0.25) is 5.02 Å². The molecule has 21 heavy (non-hydrogen) atoms. The SMILES string of the molecule is C=CC[C@H](c1cc(C(F)(F)F)ccc1Cl)N1CCNCC1. The summed E-state index contributed by atoms with van der Waals surface area (Å²) in [6, 6.07) is 3.35. The Kier molecular flexibility index (Phi) is 5.30. The second-order valence-corrected chi connectivity index (χ2v) is 5.47. The Labute approximate surface area is 127 Å². The summed E-state index contributed by atoms with van der Waals surface area (Å²) in [6.45, 7) is 6.93. The minimum Gasteiger partial charge on any atom is -0.314 e. The maximum atomic E-state index is 12.9. The third-order valence-corrected chi connectivity index (χ3v) is 4.01. The summed E-state index contributed by atoms with van der Waals surface area (Å²) in [5.74, 6) is 0. The molecule has 1 aliphatic heterocycles. The smallest absolute Gasteiger partial charge is 0.314 e. The summed E-state index contributed by atoms with van der Waals surface area (Å²) >= 11 is 6.15. The summed E-state index contributed by atoms with van der Waals surface area (Å²) in [4.78, 5) is 2.15. The highest BCUT2D eigenvalue weighted by Crippen LogP contribution is 2.36. The molecule has 1 aliphatic rings. The highest BCUT2D eigenvalue weighted by atomic mass is 35.5. The monoisotopic (exact) mass is 318 g/mol. The van der Waals surface area contributed by atoms with E-state index in [0.29, 0.717) is 17.0 Å². The first-order valence-electron chi connectivity index (χ1n) is 6.86. The third kappa shape index (κ3) is 3.99. The molecule has 0 unspecified atom stereocenters. The van der Waals surface area contributed by atoms with Crippen LogP contribution in [0.25, 0.3) is 0 Å². The van der Waals surface area contributed by atoms with Gasteiger partial charge in [-0.2, -0.15) is 13.2 Å². The molecule has 1 aromatic rings. The summed E-state index contributed by atoms with van der Waals surface area (Å²) in [5, 5.41) is 3.60. The van der Waals surface area contributed by atoms with Gasteiger partial charge < -0.3 is 5.32 Å². The van der Waals surface area contributed by atoms with Gasteiger partial charge in [0.1, 0.15) is 0 Å². The Morgan fingerprint density at radius 1 is 1.33 bits per heavy atom. The molecule has 116 valence electrons. The Balaban J connectivity index is 2.36. The van der Waals surface area contributed by atoms with Gasteiger partial charge in [-0.1, -0.05) is 17.7 Å². The van der Waals surface area contributed by atoms with Crippen molar-refractivity contribution in [2.45, 2.75) is 18.6 Å². The first-order valence-corrected chi connectivity index (χ1v) is 7.23. The van der Waals surface area contributed by atoms with Crippen LogP contribution in [0.5, 0.6) is 0 Å². The van der Waals surface area contributed by atoms with E-state index >= 15 is 0 Å². The van der Waals surface area contributed by atoms with Gasteiger partial charge in [-0.15, -0.1) is 6.58 Å². The summed E-state index contributed by atoms with van der Waals surface area (Å²) in [5.41, 5.74) is -0.139. The first kappa shape index (κ1) is 16.3. The van der Waals surface area contributed by atoms with Crippen LogP contribution in [0.3, 0.4) is 0 Å². The van der Waals surface area contributed by atoms with Crippen LogP contribution in [0.1, 0.15) is 23.6 Å². The minimum atomic E-state index is -4.36. The number of nitrogens with zero attached hydrogens (tertiary/aromatic N) is 1. The number of nitrogens with one attached hydrogen (secondary N) is 1. The topological polar surface area (TPSA) is 15.3 Å². The van der Waals surface area contributed by atoms with Crippen molar-refractivity contribution in [3.05, 3.63) is 47.0 Å². The molecule has 6 heteroatoms. The van der Waals surface area contributed by atoms with Gasteiger partial charge in [0.05, 0.1) is 5.56 Å². The zero-order valence-corrected chi connectivity index (χ0v) is 12.3. The van der Waals surface area contributed by atoms with E-state index in [1.54, 1.807) is 6.08 Å². The highest BCUT2D eigenvalue weighted by molar-refractivity contribution is 6.31. The molecule has 1 heterocycles. The van der Waals surface area contributed by atoms with Gasteiger partial charge in [0.2, 0.25) is 0 Å². The lowest BCUT2D eigenvalue weighted by Gasteiger charge is -2.35. The summed E-state index contributed by atoms with van der Waals surface area (Å²) in [6.07, 6.45) is -2.06. The molecule has 0 radical (unpaired) electrons. The van der Waals surface area contributed by atoms with Crippen LogP contribution < -0.4 is 5.32 Å². The van der Waals surface area contributed by atoms with Gasteiger partial charge in [-0.25, -0.2) is 0 Å². The van der Waals surface area contributed by atoms with Crippen molar-refractivity contribution in [1.82, 2.24) is 10.2 Å². The average Bonchev–Trinajstić information content (AvgIpc) is 2.45. The second kappa shape index (κ2) is 6.81. The molecule has 1 atom stereocenters. The van der Waals surface area contributed by atoms with Gasteiger partial charge >= 0.3 is 6.18 Å². The number of alkyl halides is 3. The summed E-state index contributed by atoms with van der Waals surface area (Å²) < 4.78 is 38.7. The first-order chi connectivity index (χ1) is 9.93. The number of hydrogen-bond donors (Lipinski definition) is 1. The van der Waals surface area contributed by atoms with Crippen LogP contribution >= 0.6 is 11.6 Å². The van der Waals surface area contributed by atoms with Crippen LogP contribution in [0.15, 0.2) is 30.9 Å². The van der Waals surface area contributed by atoms with Crippen LogP contribution in [-0.2, 0) is 6.18 Å². The lowest BCUT2D eigenvalue weighted by molar-refractivity contribution is -0.137. The van der Waals surface area contributed by atoms with Crippen molar-refractivity contribution in [2.75, 3.05) is 26.2 Å². The molecule has 2 nitrogen and oxygen atoms in total. The largest absolute Gasteiger partial charge is 0.416 e. The fraction of sp³-hybridized carbons (Fsp3) is 0.467. The van der Waals surface area contributed by atoms with Crippen molar-refractivity contribution in [1.29, 1.82) is 0 Å². The van der Waals surface area contributed by atoms with E-state index in [1.807, 2.05) is 0 Å². The Morgan fingerprint density at radius 3 is 2.57 bits per heavy atom. The predicted octanol–water partition coefficient (Wildman–Crippen LogP) is 3.88. The molecule has 0 aromatic heterocycles.